The van der Waals surface area contributed by atoms with Crippen molar-refractivity contribution >= 4 is 31.8 Å². The minimum atomic E-state index is -1.29. The number of rotatable bonds is 13. The maximum Gasteiger partial charge on any atom is 0.409 e. The lowest BCUT2D eigenvalue weighted by molar-refractivity contribution is -0.0240. The summed E-state index contributed by atoms with van der Waals surface area (Å²) in [6.07, 6.45) is 8.15. The van der Waals surface area contributed by atoms with Crippen LogP contribution in [0, 0.1) is 11.8 Å². The molecule has 0 aromatic heterocycles. The second-order valence-electron chi connectivity index (χ2n) is 13.1. The lowest BCUT2D eigenvalue weighted by Gasteiger charge is -2.38. The van der Waals surface area contributed by atoms with Gasteiger partial charge in [-0.15, -0.1) is 0 Å². The van der Waals surface area contributed by atoms with Crippen molar-refractivity contribution in [2.24, 2.45) is 11.8 Å². The monoisotopic (exact) mass is 609 g/mol. The van der Waals surface area contributed by atoms with E-state index >= 15 is 0 Å². The summed E-state index contributed by atoms with van der Waals surface area (Å²) >= 11 is 6.28. The smallest absolute Gasteiger partial charge is 0.409 e. The van der Waals surface area contributed by atoms with Gasteiger partial charge in [-0.25, -0.2) is 9.59 Å². The number of likely N-dealkylation sites (N-methyl/N-ethyl adjacent to an activating group) is 1. The van der Waals surface area contributed by atoms with Crippen LogP contribution < -0.4 is 5.32 Å². The number of amides is 3. The fourth-order valence-corrected chi connectivity index (χ4v) is 6.95. The van der Waals surface area contributed by atoms with Crippen LogP contribution in [0.2, 0.25) is 30.7 Å². The fourth-order valence-electron chi connectivity index (χ4n) is 6.04. The summed E-state index contributed by atoms with van der Waals surface area (Å²) in [6, 6.07) is 8.33. The van der Waals surface area contributed by atoms with Crippen molar-refractivity contribution in [2.45, 2.75) is 89.2 Å². The highest BCUT2D eigenvalue weighted by atomic mass is 35.5. The van der Waals surface area contributed by atoms with E-state index in [4.69, 9.17) is 21.1 Å². The van der Waals surface area contributed by atoms with Crippen molar-refractivity contribution < 1.29 is 24.2 Å². The number of benzene rings is 1. The lowest BCUT2D eigenvalue weighted by Crippen LogP contribution is -2.52. The number of likely N-dealkylation sites (tertiary alicyclic amines) is 1. The lowest BCUT2D eigenvalue weighted by atomic mass is 9.84. The molecular formula is C31H52ClN3O5Si. The van der Waals surface area contributed by atoms with Gasteiger partial charge in [0.25, 0.3) is 0 Å². The zero-order chi connectivity index (χ0) is 29.8. The molecule has 1 aromatic rings. The first-order chi connectivity index (χ1) is 19.6. The second kappa shape index (κ2) is 16.7. The summed E-state index contributed by atoms with van der Waals surface area (Å²) in [6.45, 7) is 9.06. The van der Waals surface area contributed by atoms with Crippen molar-refractivity contribution in [1.82, 2.24) is 15.1 Å². The zero-order valence-electron chi connectivity index (χ0n) is 25.6. The van der Waals surface area contributed by atoms with E-state index in [0.717, 1.165) is 30.9 Å². The number of piperidine rings is 1. The van der Waals surface area contributed by atoms with Gasteiger partial charge in [-0.3, -0.25) is 0 Å². The molecule has 1 saturated heterocycles. The van der Waals surface area contributed by atoms with E-state index in [-0.39, 0.29) is 43.4 Å². The van der Waals surface area contributed by atoms with Crippen LogP contribution in [0.1, 0.15) is 63.0 Å². The topological polar surface area (TPSA) is 91.3 Å². The molecule has 2 aliphatic rings. The number of carbonyl (C=O) groups excluding carboxylic acids is 2. The number of hydrogen-bond donors (Lipinski definition) is 2. The number of carbonyl (C=O) groups is 2. The Morgan fingerprint density at radius 3 is 2.59 bits per heavy atom. The van der Waals surface area contributed by atoms with Crippen molar-refractivity contribution in [3.8, 4) is 0 Å². The van der Waals surface area contributed by atoms with Gasteiger partial charge >= 0.3 is 12.1 Å². The molecule has 232 valence electrons. The first-order valence-electron chi connectivity index (χ1n) is 15.5. The van der Waals surface area contributed by atoms with E-state index in [9.17, 15) is 14.7 Å². The molecule has 41 heavy (non-hydrogen) atoms. The molecule has 3 amide bonds. The molecular weight excluding hydrogens is 558 g/mol. The molecule has 1 saturated carbocycles. The predicted molar refractivity (Wildman–Crippen MR) is 167 cm³/mol. The molecule has 1 aromatic carbocycles. The Balaban J connectivity index is 1.65. The summed E-state index contributed by atoms with van der Waals surface area (Å²) in [4.78, 5) is 29.9. The van der Waals surface area contributed by atoms with E-state index in [0.29, 0.717) is 37.2 Å². The Hall–Kier alpha value is -1.81. The fraction of sp³-hybridized carbons (Fsp3) is 0.742. The van der Waals surface area contributed by atoms with E-state index in [2.05, 4.69) is 25.0 Å². The van der Waals surface area contributed by atoms with E-state index in [1.807, 2.05) is 29.2 Å². The average Bonchev–Trinajstić information content (AvgIpc) is 2.93. The predicted octanol–water partition coefficient (Wildman–Crippen LogP) is 6.56. The molecule has 8 nitrogen and oxygen atoms in total. The highest BCUT2D eigenvalue weighted by molar-refractivity contribution is 6.76. The highest BCUT2D eigenvalue weighted by Crippen LogP contribution is 2.34. The summed E-state index contributed by atoms with van der Waals surface area (Å²) < 4.78 is 11.7. The minimum absolute atomic E-state index is 0.0646. The Morgan fingerprint density at radius 2 is 1.90 bits per heavy atom. The molecule has 1 aliphatic heterocycles. The molecule has 3 atom stereocenters. The van der Waals surface area contributed by atoms with Gasteiger partial charge < -0.3 is 29.7 Å². The summed E-state index contributed by atoms with van der Waals surface area (Å²) in [5, 5.41) is 13.4. The van der Waals surface area contributed by atoms with Gasteiger partial charge in [0.2, 0.25) is 0 Å². The summed E-state index contributed by atoms with van der Waals surface area (Å²) in [5.74, 6) is 0.638. The molecule has 2 fully saturated rings. The van der Waals surface area contributed by atoms with Crippen LogP contribution in [0.25, 0.3) is 0 Å². The molecule has 0 unspecified atom stereocenters. The molecule has 0 radical (unpaired) electrons. The normalized spacial score (nSPS) is 19.9. The number of hydrogen-bond acceptors (Lipinski definition) is 5. The maximum absolute atomic E-state index is 13.6. The molecule has 1 aliphatic carbocycles. The van der Waals surface area contributed by atoms with Gasteiger partial charge in [0.15, 0.2) is 0 Å². The maximum atomic E-state index is 13.6. The number of aliphatic hydroxyl groups excluding tert-OH is 1. The van der Waals surface area contributed by atoms with Gasteiger partial charge in [-0.1, -0.05) is 75.5 Å². The van der Waals surface area contributed by atoms with E-state index < -0.39 is 8.07 Å². The highest BCUT2D eigenvalue weighted by Gasteiger charge is 2.33. The number of ether oxygens (including phenoxy) is 2. The number of halogens is 1. The quantitative estimate of drug-likeness (QED) is 0.247. The van der Waals surface area contributed by atoms with Gasteiger partial charge in [0, 0.05) is 51.7 Å². The third kappa shape index (κ3) is 11.8. The van der Waals surface area contributed by atoms with Crippen LogP contribution >= 0.6 is 11.6 Å². The molecule has 10 heteroatoms. The molecule has 0 bridgehead atoms. The largest absolute Gasteiger partial charge is 0.450 e. The van der Waals surface area contributed by atoms with Crippen molar-refractivity contribution in [1.29, 1.82) is 0 Å². The van der Waals surface area contributed by atoms with Gasteiger partial charge in [0.1, 0.15) is 0 Å². The van der Waals surface area contributed by atoms with Crippen LogP contribution in [0.3, 0.4) is 0 Å². The summed E-state index contributed by atoms with van der Waals surface area (Å²) in [7, 11) is 0.472. The van der Waals surface area contributed by atoms with Crippen molar-refractivity contribution in [3.05, 3.63) is 34.9 Å². The van der Waals surface area contributed by atoms with Crippen LogP contribution in [-0.2, 0) is 9.47 Å². The van der Waals surface area contributed by atoms with Gasteiger partial charge in [-0.2, -0.15) is 0 Å². The van der Waals surface area contributed by atoms with Crippen molar-refractivity contribution in [2.75, 3.05) is 46.5 Å². The molecule has 1 heterocycles. The number of nitrogens with zero attached hydrogens (tertiary/aromatic N) is 2. The molecule has 3 rings (SSSR count). The van der Waals surface area contributed by atoms with Crippen LogP contribution in [-0.4, -0.2) is 87.6 Å². The molecule has 2 N–H and O–H groups in total. The van der Waals surface area contributed by atoms with Crippen molar-refractivity contribution in [3.63, 3.8) is 0 Å². The Bertz CT molecular complexity index is 956. The first kappa shape index (κ1) is 33.7. The molecule has 0 spiro atoms. The number of urea groups is 1. The summed E-state index contributed by atoms with van der Waals surface area (Å²) in [5.41, 5.74) is 0.961. The SMILES string of the molecule is CN(C[C@H](CC1CCCCC1)NC(=O)N1CCC[C@@H]([C@@H](OCCO)c2cccc(Cl)c2)C1)C(=O)OCC[Si](C)(C)C. The van der Waals surface area contributed by atoms with Crippen LogP contribution in [0.5, 0.6) is 0 Å². The third-order valence-electron chi connectivity index (χ3n) is 8.29. The second-order valence-corrected chi connectivity index (χ2v) is 19.2. The first-order valence-corrected chi connectivity index (χ1v) is 19.6. The number of nitrogens with one attached hydrogen (secondary N) is 1. The standard InChI is InChI=1S/C31H52ClN3O5Si/c1-34(31(38)40-18-19-41(2,3)4)23-28(20-24-10-6-5-7-11-24)33-30(37)35-15-9-13-26(22-35)29(39-17-16-36)25-12-8-14-27(32)21-25/h8,12,14,21,24,26,28-29,36H,5-7,9-11,13,15-20,22-23H2,1-4H3,(H,33,37)/t26-,28+,29+/m1/s1. The third-order valence-corrected chi connectivity index (χ3v) is 10.2. The minimum Gasteiger partial charge on any atom is -0.450 e. The van der Waals surface area contributed by atoms with Crippen LogP contribution in [0.4, 0.5) is 9.59 Å². The van der Waals surface area contributed by atoms with Gasteiger partial charge in [-0.05, 0) is 48.9 Å². The van der Waals surface area contributed by atoms with Gasteiger partial charge in [0.05, 0.1) is 25.9 Å². The Kier molecular flexibility index (Phi) is 13.7. The van der Waals surface area contributed by atoms with E-state index in [1.54, 1.807) is 11.9 Å². The number of aliphatic hydroxyl groups is 1. The van der Waals surface area contributed by atoms with Crippen LogP contribution in [0.15, 0.2) is 24.3 Å². The zero-order valence-corrected chi connectivity index (χ0v) is 27.3. The average molecular weight is 610 g/mol. The Morgan fingerprint density at radius 1 is 1.15 bits per heavy atom. The Labute approximate surface area is 253 Å². The van der Waals surface area contributed by atoms with E-state index in [1.165, 1.54) is 32.1 Å².